The Balaban J connectivity index is 1.65. The second-order valence-electron chi connectivity index (χ2n) is 8.96. The summed E-state index contributed by atoms with van der Waals surface area (Å²) in [7, 11) is 0. The molecule has 35 heavy (non-hydrogen) atoms. The lowest BCUT2D eigenvalue weighted by Crippen LogP contribution is -2.19. The van der Waals surface area contributed by atoms with Crippen molar-refractivity contribution in [3.05, 3.63) is 99.3 Å². The zero-order chi connectivity index (χ0) is 24.5. The van der Waals surface area contributed by atoms with E-state index >= 15 is 0 Å². The lowest BCUT2D eigenvalue weighted by Gasteiger charge is -2.28. The Bertz CT molecular complexity index is 1510. The summed E-state index contributed by atoms with van der Waals surface area (Å²) < 4.78 is 2.16. The summed E-state index contributed by atoms with van der Waals surface area (Å²) in [6.45, 7) is 3.98. The minimum absolute atomic E-state index is 0.0391. The highest BCUT2D eigenvalue weighted by atomic mass is 35.5. The average molecular weight is 481 g/mol. The van der Waals surface area contributed by atoms with E-state index in [2.05, 4.69) is 40.2 Å². The molecule has 2 aromatic heterocycles. The Hall–Kier alpha value is -3.88. The van der Waals surface area contributed by atoms with Gasteiger partial charge in [-0.1, -0.05) is 35.9 Å². The zero-order valence-electron chi connectivity index (χ0n) is 19.7. The van der Waals surface area contributed by atoms with E-state index < -0.39 is 0 Å². The predicted molar refractivity (Wildman–Crippen MR) is 141 cm³/mol. The topological polar surface area (TPSA) is 70.7 Å². The average Bonchev–Trinajstić information content (AvgIpc) is 3.17. The number of nitrogens with one attached hydrogen (secondary N) is 1. The van der Waals surface area contributed by atoms with Gasteiger partial charge >= 0.3 is 0 Å². The van der Waals surface area contributed by atoms with Crippen molar-refractivity contribution in [2.24, 2.45) is 0 Å². The van der Waals surface area contributed by atoms with E-state index in [-0.39, 0.29) is 11.9 Å². The first kappa shape index (κ1) is 22.9. The maximum atomic E-state index is 12.8. The lowest BCUT2D eigenvalue weighted by atomic mass is 9.87. The van der Waals surface area contributed by atoms with Crippen LogP contribution < -0.4 is 5.32 Å². The number of benzene rings is 2. The molecular weight excluding hydrogens is 456 g/mol. The SMILES string of the molecule is Cc1cc(C)c2c(C#N)c(C=CC(=O)Nc3ccc(Cl)cc3)n([C@H]3CCCc4ccccc43)c2n1. The summed E-state index contributed by atoms with van der Waals surface area (Å²) >= 11 is 5.95. The Morgan fingerprint density at radius 2 is 1.97 bits per heavy atom. The molecular formula is C29H25ClN4O. The number of carbonyl (C=O) groups is 1. The molecule has 1 N–H and O–H groups in total. The van der Waals surface area contributed by atoms with Crippen LogP contribution in [-0.2, 0) is 11.2 Å². The molecule has 1 aliphatic rings. The van der Waals surface area contributed by atoms with Gasteiger partial charge < -0.3 is 9.88 Å². The van der Waals surface area contributed by atoms with Gasteiger partial charge in [-0.05, 0) is 86.2 Å². The van der Waals surface area contributed by atoms with Crippen molar-refractivity contribution >= 4 is 40.3 Å². The molecule has 0 saturated heterocycles. The number of nitriles is 1. The molecule has 1 amide bonds. The Morgan fingerprint density at radius 3 is 2.74 bits per heavy atom. The fourth-order valence-electron chi connectivity index (χ4n) is 5.12. The largest absolute Gasteiger partial charge is 0.323 e. The Labute approximate surface area is 209 Å². The molecule has 0 unspecified atom stereocenters. The first-order valence-corrected chi connectivity index (χ1v) is 12.1. The maximum absolute atomic E-state index is 12.8. The molecule has 6 heteroatoms. The van der Waals surface area contributed by atoms with Gasteiger partial charge in [0, 0.05) is 27.9 Å². The summed E-state index contributed by atoms with van der Waals surface area (Å²) in [5.41, 5.74) is 7.17. The first-order chi connectivity index (χ1) is 17.0. The van der Waals surface area contributed by atoms with Gasteiger partial charge in [-0.3, -0.25) is 4.79 Å². The van der Waals surface area contributed by atoms with Crippen LogP contribution in [0.4, 0.5) is 5.69 Å². The molecule has 1 aliphatic carbocycles. The van der Waals surface area contributed by atoms with Crippen LogP contribution in [0.2, 0.25) is 5.02 Å². The van der Waals surface area contributed by atoms with Crippen molar-refractivity contribution < 1.29 is 4.79 Å². The van der Waals surface area contributed by atoms with Crippen molar-refractivity contribution in [3.63, 3.8) is 0 Å². The van der Waals surface area contributed by atoms with E-state index in [9.17, 15) is 10.1 Å². The minimum Gasteiger partial charge on any atom is -0.323 e. The van der Waals surface area contributed by atoms with Crippen LogP contribution in [0.5, 0.6) is 0 Å². The molecule has 2 heterocycles. The van der Waals surface area contributed by atoms with Gasteiger partial charge in [0.05, 0.1) is 17.3 Å². The molecule has 5 nitrogen and oxygen atoms in total. The van der Waals surface area contributed by atoms with Crippen molar-refractivity contribution in [3.8, 4) is 6.07 Å². The summed E-state index contributed by atoms with van der Waals surface area (Å²) in [6.07, 6.45) is 6.26. The zero-order valence-corrected chi connectivity index (χ0v) is 20.4. The van der Waals surface area contributed by atoms with Gasteiger partial charge in [-0.25, -0.2) is 4.98 Å². The van der Waals surface area contributed by atoms with Crippen LogP contribution in [0.3, 0.4) is 0 Å². The number of amides is 1. The highest BCUT2D eigenvalue weighted by molar-refractivity contribution is 6.30. The normalized spacial score (nSPS) is 15.2. The highest BCUT2D eigenvalue weighted by Crippen LogP contribution is 2.39. The number of halogens is 1. The van der Waals surface area contributed by atoms with E-state index in [0.717, 1.165) is 41.6 Å². The summed E-state index contributed by atoms with van der Waals surface area (Å²) in [4.78, 5) is 17.6. The number of carbonyl (C=O) groups excluding carboxylic acids is 1. The smallest absolute Gasteiger partial charge is 0.248 e. The summed E-state index contributed by atoms with van der Waals surface area (Å²) in [5.74, 6) is -0.280. The van der Waals surface area contributed by atoms with Crippen LogP contribution in [0.15, 0.2) is 60.7 Å². The highest BCUT2D eigenvalue weighted by Gasteiger charge is 2.28. The number of pyridine rings is 1. The van der Waals surface area contributed by atoms with Crippen molar-refractivity contribution in [1.29, 1.82) is 5.26 Å². The fraction of sp³-hybridized carbons (Fsp3) is 0.207. The quantitative estimate of drug-likeness (QED) is 0.328. The van der Waals surface area contributed by atoms with Crippen LogP contribution in [0.1, 0.15) is 52.5 Å². The van der Waals surface area contributed by atoms with E-state index in [1.165, 1.54) is 17.2 Å². The molecule has 174 valence electrons. The van der Waals surface area contributed by atoms with Crippen LogP contribution in [0, 0.1) is 25.2 Å². The third-order valence-corrected chi connectivity index (χ3v) is 6.84. The second-order valence-corrected chi connectivity index (χ2v) is 9.39. The Kier molecular flexibility index (Phi) is 6.15. The molecule has 0 saturated carbocycles. The maximum Gasteiger partial charge on any atom is 0.248 e. The monoisotopic (exact) mass is 480 g/mol. The number of aromatic nitrogens is 2. The lowest BCUT2D eigenvalue weighted by molar-refractivity contribution is -0.111. The summed E-state index contributed by atoms with van der Waals surface area (Å²) in [5, 5.41) is 14.5. The predicted octanol–water partition coefficient (Wildman–Crippen LogP) is 6.76. The third kappa shape index (κ3) is 4.34. The molecule has 0 spiro atoms. The van der Waals surface area contributed by atoms with Gasteiger partial charge in [-0.15, -0.1) is 0 Å². The Morgan fingerprint density at radius 1 is 1.20 bits per heavy atom. The van der Waals surface area contributed by atoms with E-state index in [1.54, 1.807) is 30.3 Å². The molecule has 0 aliphatic heterocycles. The molecule has 0 bridgehead atoms. The van der Waals surface area contributed by atoms with Crippen LogP contribution in [0.25, 0.3) is 17.1 Å². The molecule has 4 aromatic rings. The summed E-state index contributed by atoms with van der Waals surface area (Å²) in [6, 6.07) is 19.9. The van der Waals surface area contributed by atoms with E-state index in [0.29, 0.717) is 22.0 Å². The molecule has 2 aromatic carbocycles. The number of hydrogen-bond donors (Lipinski definition) is 1. The number of hydrogen-bond acceptors (Lipinski definition) is 3. The van der Waals surface area contributed by atoms with Crippen LogP contribution in [-0.4, -0.2) is 15.5 Å². The van der Waals surface area contributed by atoms with Gasteiger partial charge in [0.1, 0.15) is 11.7 Å². The number of fused-ring (bicyclic) bond motifs is 2. The number of anilines is 1. The van der Waals surface area contributed by atoms with E-state index in [4.69, 9.17) is 16.6 Å². The third-order valence-electron chi connectivity index (χ3n) is 6.59. The van der Waals surface area contributed by atoms with Crippen molar-refractivity contribution in [2.45, 2.75) is 39.2 Å². The molecule has 0 fully saturated rings. The fourth-order valence-corrected chi connectivity index (χ4v) is 5.25. The molecule has 1 atom stereocenters. The standard InChI is InChI=1S/C29H25ClN4O/c1-18-16-19(2)32-29-28(18)24(17-31)26(14-15-27(35)33-22-12-10-21(30)11-13-22)34(29)25-9-5-7-20-6-3-4-8-23(20)25/h3-4,6,8,10-16,25H,5,7,9H2,1-2H3,(H,33,35)/t25-/m0/s1. The number of nitrogens with zero attached hydrogens (tertiary/aromatic N) is 3. The van der Waals surface area contributed by atoms with Crippen molar-refractivity contribution in [2.75, 3.05) is 5.32 Å². The van der Waals surface area contributed by atoms with Crippen molar-refractivity contribution in [1.82, 2.24) is 9.55 Å². The van der Waals surface area contributed by atoms with Gasteiger partial charge in [0.15, 0.2) is 0 Å². The number of aryl methyl sites for hydroxylation is 3. The molecule has 0 radical (unpaired) electrons. The van der Waals surface area contributed by atoms with Crippen LogP contribution >= 0.6 is 11.6 Å². The number of rotatable bonds is 4. The first-order valence-electron chi connectivity index (χ1n) is 11.7. The molecule has 5 rings (SSSR count). The van der Waals surface area contributed by atoms with E-state index in [1.807, 2.05) is 19.9 Å². The minimum atomic E-state index is -0.280. The van der Waals surface area contributed by atoms with Gasteiger partial charge in [0.2, 0.25) is 5.91 Å². The van der Waals surface area contributed by atoms with Gasteiger partial charge in [0.25, 0.3) is 0 Å². The van der Waals surface area contributed by atoms with Gasteiger partial charge in [-0.2, -0.15) is 5.26 Å². The second kappa shape index (κ2) is 9.40.